The molecule has 0 saturated carbocycles. The van der Waals surface area contributed by atoms with Gasteiger partial charge in [-0.2, -0.15) is 0 Å². The monoisotopic (exact) mass is 649 g/mol. The third kappa shape index (κ3) is 6.12. The molecule has 12 heteroatoms. The Balaban J connectivity index is 1.39. The van der Waals surface area contributed by atoms with Gasteiger partial charge in [0.1, 0.15) is 24.7 Å². The summed E-state index contributed by atoms with van der Waals surface area (Å²) in [6.07, 6.45) is 1.86. The molecule has 1 fully saturated rings. The van der Waals surface area contributed by atoms with Gasteiger partial charge in [-0.25, -0.2) is 0 Å². The van der Waals surface area contributed by atoms with E-state index < -0.39 is 17.7 Å². The summed E-state index contributed by atoms with van der Waals surface area (Å²) < 4.78 is 17.8. The Morgan fingerprint density at radius 3 is 2.70 bits per heavy atom. The molecule has 0 unspecified atom stereocenters. The lowest BCUT2D eigenvalue weighted by molar-refractivity contribution is -0.132. The van der Waals surface area contributed by atoms with Crippen molar-refractivity contribution < 1.29 is 28.9 Å². The van der Waals surface area contributed by atoms with Crippen molar-refractivity contribution >= 4 is 57.3 Å². The molecule has 4 aromatic rings. The molecule has 0 spiro atoms. The zero-order valence-electron chi connectivity index (χ0n) is 23.7. The number of hydrogen-bond acceptors (Lipinski definition) is 10. The second kappa shape index (κ2) is 13.3. The highest BCUT2D eigenvalue weighted by atomic mass is 35.5. The predicted molar refractivity (Wildman–Crippen MR) is 170 cm³/mol. The van der Waals surface area contributed by atoms with Crippen LogP contribution in [0.25, 0.3) is 5.76 Å². The Morgan fingerprint density at radius 2 is 1.89 bits per heavy atom. The van der Waals surface area contributed by atoms with Crippen LogP contribution in [0.5, 0.6) is 17.2 Å². The zero-order valence-corrected chi connectivity index (χ0v) is 26.1. The predicted octanol–water partition coefficient (Wildman–Crippen LogP) is 7.06. The highest BCUT2D eigenvalue weighted by molar-refractivity contribution is 8.00. The maximum Gasteiger partial charge on any atom is 0.301 e. The van der Waals surface area contributed by atoms with E-state index in [0.717, 1.165) is 18.4 Å². The number of hydrogen-bond donors (Lipinski definition) is 1. The summed E-state index contributed by atoms with van der Waals surface area (Å²) in [4.78, 5) is 28.6. The summed E-state index contributed by atoms with van der Waals surface area (Å²) in [5.74, 6) is 0.152. The van der Waals surface area contributed by atoms with Gasteiger partial charge in [0.2, 0.25) is 5.13 Å². The molecule has 1 atom stereocenters. The summed E-state index contributed by atoms with van der Waals surface area (Å²) in [7, 11) is 0. The Kier molecular flexibility index (Phi) is 9.06. The summed E-state index contributed by atoms with van der Waals surface area (Å²) in [5.41, 5.74) is 1.77. The van der Waals surface area contributed by atoms with Crippen molar-refractivity contribution in [2.75, 3.05) is 24.7 Å². The first-order valence-electron chi connectivity index (χ1n) is 14.1. The molecular weight excluding hydrogens is 622 g/mol. The van der Waals surface area contributed by atoms with Gasteiger partial charge in [0.25, 0.3) is 5.78 Å². The van der Waals surface area contributed by atoms with Crippen LogP contribution in [0.3, 0.4) is 0 Å². The van der Waals surface area contributed by atoms with Crippen LogP contribution in [-0.2, 0) is 15.3 Å². The summed E-state index contributed by atoms with van der Waals surface area (Å²) in [5, 5.41) is 21.1. The number of benzene rings is 3. The van der Waals surface area contributed by atoms with Crippen LogP contribution in [0, 0.1) is 0 Å². The van der Waals surface area contributed by atoms with Gasteiger partial charge >= 0.3 is 5.91 Å². The number of thioether (sulfide) groups is 1. The van der Waals surface area contributed by atoms with Crippen LogP contribution >= 0.6 is 34.7 Å². The van der Waals surface area contributed by atoms with Gasteiger partial charge in [-0.3, -0.25) is 14.5 Å². The highest BCUT2D eigenvalue weighted by Gasteiger charge is 2.48. The minimum Gasteiger partial charge on any atom is -0.507 e. The van der Waals surface area contributed by atoms with Crippen molar-refractivity contribution in [3.63, 3.8) is 0 Å². The Bertz CT molecular complexity index is 1740. The first kappa shape index (κ1) is 30.0. The van der Waals surface area contributed by atoms with E-state index in [4.69, 9.17) is 25.8 Å². The SMILES string of the molecule is CCCCOc1cccc([C@@H]2C(=C(O)c3ccc4c(c3)OCCO4)C(=O)C(=O)N2c2nnc(SCc3ccccc3Cl)s2)c1. The number of aliphatic hydroxyl groups excluding tert-OH is 1. The van der Waals surface area contributed by atoms with Crippen LogP contribution < -0.4 is 19.1 Å². The lowest BCUT2D eigenvalue weighted by atomic mass is 9.95. The second-order valence-electron chi connectivity index (χ2n) is 10.0. The normalized spacial score (nSPS) is 17.2. The number of aliphatic hydroxyl groups is 1. The molecule has 0 aliphatic carbocycles. The fourth-order valence-electron chi connectivity index (χ4n) is 4.91. The van der Waals surface area contributed by atoms with E-state index in [1.165, 1.54) is 28.0 Å². The maximum absolute atomic E-state index is 13.7. The lowest BCUT2D eigenvalue weighted by Gasteiger charge is -2.23. The van der Waals surface area contributed by atoms with Crippen molar-refractivity contribution in [1.29, 1.82) is 0 Å². The van der Waals surface area contributed by atoms with E-state index in [-0.39, 0.29) is 16.5 Å². The number of ether oxygens (including phenoxy) is 3. The Labute approximate surface area is 267 Å². The Morgan fingerprint density at radius 1 is 1.07 bits per heavy atom. The van der Waals surface area contributed by atoms with Gasteiger partial charge in [0.15, 0.2) is 15.8 Å². The number of carbonyl (C=O) groups is 2. The van der Waals surface area contributed by atoms with E-state index >= 15 is 0 Å². The Hall–Kier alpha value is -4.06. The minimum atomic E-state index is -0.979. The summed E-state index contributed by atoms with van der Waals surface area (Å²) in [6.45, 7) is 3.38. The van der Waals surface area contributed by atoms with Crippen molar-refractivity contribution in [2.45, 2.75) is 35.9 Å². The number of amides is 1. The van der Waals surface area contributed by atoms with Crippen molar-refractivity contribution in [1.82, 2.24) is 10.2 Å². The fourth-order valence-corrected chi connectivity index (χ4v) is 7.07. The van der Waals surface area contributed by atoms with Gasteiger partial charge in [0.05, 0.1) is 18.2 Å². The minimum absolute atomic E-state index is 0.0714. The van der Waals surface area contributed by atoms with Gasteiger partial charge in [0, 0.05) is 16.3 Å². The van der Waals surface area contributed by atoms with Crippen molar-refractivity contribution in [3.05, 3.63) is 94.0 Å². The smallest absolute Gasteiger partial charge is 0.301 e. The van der Waals surface area contributed by atoms with Gasteiger partial charge in [-0.05, 0) is 53.9 Å². The highest BCUT2D eigenvalue weighted by Crippen LogP contribution is 2.45. The lowest BCUT2D eigenvalue weighted by Crippen LogP contribution is -2.29. The number of unbranched alkanes of at least 4 members (excludes halogenated alkanes) is 1. The number of rotatable bonds is 10. The zero-order chi connectivity index (χ0) is 30.6. The molecule has 1 N–H and O–H groups in total. The number of nitrogens with zero attached hydrogens (tertiary/aromatic N) is 3. The van der Waals surface area contributed by atoms with Crippen LogP contribution in [-0.4, -0.2) is 46.8 Å². The van der Waals surface area contributed by atoms with E-state index in [0.29, 0.717) is 63.3 Å². The molecule has 6 rings (SSSR count). The number of anilines is 1. The number of ketones is 1. The molecule has 1 saturated heterocycles. The first-order chi connectivity index (χ1) is 21.4. The van der Waals surface area contributed by atoms with Crippen LogP contribution in [0.4, 0.5) is 5.13 Å². The maximum atomic E-state index is 13.7. The van der Waals surface area contributed by atoms with E-state index in [1.807, 2.05) is 30.3 Å². The van der Waals surface area contributed by atoms with Gasteiger partial charge in [-0.1, -0.05) is 78.4 Å². The topological polar surface area (TPSA) is 111 Å². The molecular formula is C32H28ClN3O6S2. The molecule has 44 heavy (non-hydrogen) atoms. The molecule has 3 aromatic carbocycles. The molecule has 1 aromatic heterocycles. The molecule has 2 aliphatic heterocycles. The molecule has 0 bridgehead atoms. The number of halogens is 1. The summed E-state index contributed by atoms with van der Waals surface area (Å²) in [6, 6.07) is 18.7. The number of carbonyl (C=O) groups excluding carboxylic acids is 2. The molecule has 2 aliphatic rings. The third-order valence-electron chi connectivity index (χ3n) is 7.11. The van der Waals surface area contributed by atoms with Crippen LogP contribution in [0.15, 0.2) is 76.6 Å². The fraction of sp³-hybridized carbons (Fsp3) is 0.250. The number of Topliss-reactive ketones (excluding diaryl/α,β-unsaturated/α-hetero) is 1. The molecule has 0 radical (unpaired) electrons. The molecule has 9 nitrogen and oxygen atoms in total. The number of aromatic nitrogens is 2. The van der Waals surface area contributed by atoms with Crippen molar-refractivity contribution in [3.8, 4) is 17.2 Å². The largest absolute Gasteiger partial charge is 0.507 e. The van der Waals surface area contributed by atoms with Crippen molar-refractivity contribution in [2.24, 2.45) is 0 Å². The molecule has 226 valence electrons. The van der Waals surface area contributed by atoms with Crippen LogP contribution in [0.2, 0.25) is 5.02 Å². The standard InChI is InChI=1S/C32H28ClN3O6S2/c1-2-3-13-40-22-9-6-8-19(16-22)27-26(28(37)20-11-12-24-25(17-20)42-15-14-41-24)29(38)30(39)36(27)31-34-35-32(44-31)43-18-21-7-4-5-10-23(21)33/h4-12,16-17,27,37H,2-3,13-15,18H2,1H3/t27-/m1/s1. The molecule has 3 heterocycles. The van der Waals surface area contributed by atoms with E-state index in [2.05, 4.69) is 17.1 Å². The van der Waals surface area contributed by atoms with Gasteiger partial charge < -0.3 is 19.3 Å². The average molecular weight is 650 g/mol. The molecule has 1 amide bonds. The van der Waals surface area contributed by atoms with E-state index in [9.17, 15) is 14.7 Å². The third-order valence-corrected chi connectivity index (χ3v) is 9.58. The second-order valence-corrected chi connectivity index (χ2v) is 12.6. The number of fused-ring (bicyclic) bond motifs is 1. The van der Waals surface area contributed by atoms with Crippen LogP contribution in [0.1, 0.15) is 42.5 Å². The first-order valence-corrected chi connectivity index (χ1v) is 16.3. The van der Waals surface area contributed by atoms with Gasteiger partial charge in [-0.15, -0.1) is 10.2 Å². The quantitative estimate of drug-likeness (QED) is 0.0482. The van der Waals surface area contributed by atoms with E-state index in [1.54, 1.807) is 36.4 Å². The average Bonchev–Trinajstić information content (AvgIpc) is 3.62. The summed E-state index contributed by atoms with van der Waals surface area (Å²) >= 11 is 8.93.